The van der Waals surface area contributed by atoms with Crippen LogP contribution in [0.1, 0.15) is 38.5 Å². The second-order valence-corrected chi connectivity index (χ2v) is 8.06. The van der Waals surface area contributed by atoms with Crippen LogP contribution in [0.2, 0.25) is 5.02 Å². The normalized spacial score (nSPS) is 20.9. The third kappa shape index (κ3) is 5.39. The number of hydrogen-bond donors (Lipinski definition) is 1. The molecule has 0 aromatic heterocycles. The molecule has 1 aromatic rings. The molecule has 3 rings (SSSR count). The van der Waals surface area contributed by atoms with Gasteiger partial charge in [0.05, 0.1) is 18.7 Å². The molecule has 1 aromatic carbocycles. The number of likely N-dealkylation sites (tertiary alicyclic amines) is 1. The average Bonchev–Trinajstić information content (AvgIpc) is 2.89. The minimum absolute atomic E-state index is 0.0484. The smallest absolute Gasteiger partial charge is 0.227 e. The second-order valence-electron chi connectivity index (χ2n) is 7.62. The molecule has 2 heterocycles. The van der Waals surface area contributed by atoms with Crippen LogP contribution >= 0.6 is 11.6 Å². The van der Waals surface area contributed by atoms with Crippen molar-refractivity contribution >= 4 is 29.1 Å². The van der Waals surface area contributed by atoms with Crippen LogP contribution in [0.25, 0.3) is 0 Å². The lowest BCUT2D eigenvalue weighted by atomic mass is 10.1. The number of carbonyl (C=O) groups is 2. The number of nitrogens with zero attached hydrogens (tertiary/aromatic N) is 2. The topological polar surface area (TPSA) is 61.9 Å². The number of carbonyl (C=O) groups excluding carboxylic acids is 2. The van der Waals surface area contributed by atoms with Gasteiger partial charge in [0.25, 0.3) is 0 Å². The summed E-state index contributed by atoms with van der Waals surface area (Å²) in [7, 11) is 1.56. The first-order valence-corrected chi connectivity index (χ1v) is 10.6. The maximum absolute atomic E-state index is 12.5. The van der Waals surface area contributed by atoms with Crippen molar-refractivity contribution in [3.05, 3.63) is 23.2 Å². The third-order valence-corrected chi connectivity index (χ3v) is 5.81. The summed E-state index contributed by atoms with van der Waals surface area (Å²) in [5.74, 6) is 0.114. The van der Waals surface area contributed by atoms with Gasteiger partial charge in [-0.3, -0.25) is 9.59 Å². The molecule has 2 aliphatic heterocycles. The van der Waals surface area contributed by atoms with E-state index in [1.54, 1.807) is 30.2 Å². The van der Waals surface area contributed by atoms with Crippen molar-refractivity contribution in [3.8, 4) is 5.75 Å². The van der Waals surface area contributed by atoms with E-state index in [9.17, 15) is 9.59 Å². The van der Waals surface area contributed by atoms with E-state index in [4.69, 9.17) is 16.3 Å². The number of methoxy groups -OCH3 is 1. The van der Waals surface area contributed by atoms with Gasteiger partial charge in [0, 0.05) is 24.5 Å². The van der Waals surface area contributed by atoms with Gasteiger partial charge in [-0.15, -0.1) is 0 Å². The molecule has 28 heavy (non-hydrogen) atoms. The fourth-order valence-electron chi connectivity index (χ4n) is 4.01. The van der Waals surface area contributed by atoms with Crippen molar-refractivity contribution in [1.82, 2.24) is 10.2 Å². The minimum atomic E-state index is -0.339. The lowest BCUT2D eigenvalue weighted by Gasteiger charge is -2.20. The van der Waals surface area contributed by atoms with Gasteiger partial charge in [0.2, 0.25) is 11.8 Å². The van der Waals surface area contributed by atoms with Crippen molar-refractivity contribution in [2.45, 2.75) is 38.5 Å². The maximum Gasteiger partial charge on any atom is 0.227 e. The molecule has 0 spiro atoms. The van der Waals surface area contributed by atoms with E-state index >= 15 is 0 Å². The van der Waals surface area contributed by atoms with Gasteiger partial charge in [-0.05, 0) is 57.1 Å². The highest BCUT2D eigenvalue weighted by Crippen LogP contribution is 2.35. The van der Waals surface area contributed by atoms with Crippen LogP contribution in [0.5, 0.6) is 5.75 Å². The number of amides is 2. The van der Waals surface area contributed by atoms with Crippen molar-refractivity contribution in [2.24, 2.45) is 5.92 Å². The molecular weight excluding hydrogens is 378 g/mol. The van der Waals surface area contributed by atoms with Crippen LogP contribution in [0.3, 0.4) is 0 Å². The number of benzene rings is 1. The lowest BCUT2D eigenvalue weighted by molar-refractivity contribution is -0.126. The van der Waals surface area contributed by atoms with Crippen LogP contribution in [-0.2, 0) is 9.59 Å². The molecule has 2 aliphatic rings. The van der Waals surface area contributed by atoms with E-state index in [0.29, 0.717) is 29.5 Å². The largest absolute Gasteiger partial charge is 0.495 e. The van der Waals surface area contributed by atoms with Crippen molar-refractivity contribution in [1.29, 1.82) is 0 Å². The molecule has 2 fully saturated rings. The Morgan fingerprint density at radius 1 is 1.25 bits per heavy atom. The van der Waals surface area contributed by atoms with Gasteiger partial charge in [0.1, 0.15) is 5.75 Å². The van der Waals surface area contributed by atoms with Crippen molar-refractivity contribution in [2.75, 3.05) is 44.7 Å². The summed E-state index contributed by atoms with van der Waals surface area (Å²) in [5, 5.41) is 3.54. The van der Waals surface area contributed by atoms with E-state index in [1.807, 2.05) is 0 Å². The monoisotopic (exact) mass is 407 g/mol. The van der Waals surface area contributed by atoms with Gasteiger partial charge in [-0.2, -0.15) is 0 Å². The SMILES string of the molecule is COc1ccc(Cl)cc1N1CC(C(=O)NCCCN2CCCCCC2)CC1=O. The molecule has 7 heteroatoms. The summed E-state index contributed by atoms with van der Waals surface area (Å²) in [6.45, 7) is 4.37. The van der Waals surface area contributed by atoms with Gasteiger partial charge in [-0.25, -0.2) is 0 Å². The molecule has 6 nitrogen and oxygen atoms in total. The average molecular weight is 408 g/mol. The second kappa shape index (κ2) is 10.1. The quantitative estimate of drug-likeness (QED) is 0.705. The van der Waals surface area contributed by atoms with Crippen LogP contribution in [0.15, 0.2) is 18.2 Å². The number of nitrogens with one attached hydrogen (secondary N) is 1. The van der Waals surface area contributed by atoms with E-state index in [-0.39, 0.29) is 24.2 Å². The van der Waals surface area contributed by atoms with Crippen LogP contribution in [-0.4, -0.2) is 56.5 Å². The highest BCUT2D eigenvalue weighted by atomic mass is 35.5. The zero-order chi connectivity index (χ0) is 19.9. The van der Waals surface area contributed by atoms with E-state index in [1.165, 1.54) is 38.8 Å². The Morgan fingerprint density at radius 3 is 2.71 bits per heavy atom. The molecule has 1 N–H and O–H groups in total. The van der Waals surface area contributed by atoms with Gasteiger partial charge in [0.15, 0.2) is 0 Å². The summed E-state index contributed by atoms with van der Waals surface area (Å²) in [4.78, 5) is 29.1. The first kappa shape index (κ1) is 20.9. The first-order valence-electron chi connectivity index (χ1n) is 10.2. The molecule has 1 atom stereocenters. The van der Waals surface area contributed by atoms with E-state index in [2.05, 4.69) is 10.2 Å². The Labute approximate surface area is 172 Å². The summed E-state index contributed by atoms with van der Waals surface area (Å²) < 4.78 is 5.35. The van der Waals surface area contributed by atoms with Crippen molar-refractivity contribution in [3.63, 3.8) is 0 Å². The Balaban J connectivity index is 1.48. The van der Waals surface area contributed by atoms with E-state index < -0.39 is 0 Å². The van der Waals surface area contributed by atoms with Gasteiger partial charge >= 0.3 is 0 Å². The molecule has 0 bridgehead atoms. The Morgan fingerprint density at radius 2 is 2.00 bits per heavy atom. The third-order valence-electron chi connectivity index (χ3n) is 5.58. The maximum atomic E-state index is 12.5. The fourth-order valence-corrected chi connectivity index (χ4v) is 4.17. The van der Waals surface area contributed by atoms with Crippen molar-refractivity contribution < 1.29 is 14.3 Å². The number of rotatable bonds is 7. The summed E-state index contributed by atoms with van der Waals surface area (Å²) >= 11 is 6.08. The Kier molecular flexibility index (Phi) is 7.57. The number of ether oxygens (including phenoxy) is 1. The highest BCUT2D eigenvalue weighted by molar-refractivity contribution is 6.31. The summed E-state index contributed by atoms with van der Waals surface area (Å²) in [6.07, 6.45) is 6.37. The number of halogens is 1. The standard InChI is InChI=1S/C21H30ClN3O3/c1-28-19-8-7-17(22)14-18(19)25-15-16(13-20(25)26)21(27)23-9-6-12-24-10-4-2-3-5-11-24/h7-8,14,16H,2-6,9-13,15H2,1H3,(H,23,27). The predicted octanol–water partition coefficient (Wildman–Crippen LogP) is 3.08. The Bertz CT molecular complexity index is 689. The first-order chi connectivity index (χ1) is 13.6. The zero-order valence-corrected chi connectivity index (χ0v) is 17.3. The minimum Gasteiger partial charge on any atom is -0.495 e. The Hall–Kier alpha value is -1.79. The number of anilines is 1. The molecule has 154 valence electrons. The molecule has 0 saturated carbocycles. The molecule has 1 unspecified atom stereocenters. The number of hydrogen-bond acceptors (Lipinski definition) is 4. The summed E-state index contributed by atoms with van der Waals surface area (Å²) in [6, 6.07) is 5.17. The highest BCUT2D eigenvalue weighted by Gasteiger charge is 2.36. The fraction of sp³-hybridized carbons (Fsp3) is 0.619. The van der Waals surface area contributed by atoms with Gasteiger partial charge in [-0.1, -0.05) is 24.4 Å². The molecule has 2 saturated heterocycles. The van der Waals surface area contributed by atoms with Crippen LogP contribution in [0, 0.1) is 5.92 Å². The van der Waals surface area contributed by atoms with E-state index in [0.717, 1.165) is 13.0 Å². The predicted molar refractivity (Wildman–Crippen MR) is 111 cm³/mol. The molecular formula is C21H30ClN3O3. The molecule has 0 radical (unpaired) electrons. The molecule has 0 aliphatic carbocycles. The zero-order valence-electron chi connectivity index (χ0n) is 16.6. The molecule has 2 amide bonds. The summed E-state index contributed by atoms with van der Waals surface area (Å²) in [5.41, 5.74) is 0.622. The lowest BCUT2D eigenvalue weighted by Crippen LogP contribution is -2.35. The van der Waals surface area contributed by atoms with Crippen LogP contribution < -0.4 is 15.0 Å². The van der Waals surface area contributed by atoms with Crippen LogP contribution in [0.4, 0.5) is 5.69 Å². The van der Waals surface area contributed by atoms with Gasteiger partial charge < -0.3 is 19.9 Å².